The second-order valence-corrected chi connectivity index (χ2v) is 8.61. The number of halogens is 1. The van der Waals surface area contributed by atoms with Crippen molar-refractivity contribution in [2.45, 2.75) is 45.2 Å². The number of aryl methyl sites for hydroxylation is 1. The minimum atomic E-state index is -1.15. The molecule has 1 saturated carbocycles. The molecule has 0 bridgehead atoms. The van der Waals surface area contributed by atoms with Gasteiger partial charge in [0.1, 0.15) is 18.2 Å². The molecule has 9 heteroatoms. The van der Waals surface area contributed by atoms with Crippen molar-refractivity contribution in [2.75, 3.05) is 31.1 Å². The Kier molecular flexibility index (Phi) is 5.79. The number of anilines is 1. The Hall–Kier alpha value is -2.81. The fourth-order valence-corrected chi connectivity index (χ4v) is 4.57. The van der Waals surface area contributed by atoms with Crippen LogP contribution in [0.3, 0.4) is 0 Å². The van der Waals surface area contributed by atoms with Crippen molar-refractivity contribution in [1.82, 2.24) is 9.88 Å². The molecule has 0 spiro atoms. The van der Waals surface area contributed by atoms with Crippen LogP contribution in [0, 0.1) is 18.7 Å². The maximum Gasteiger partial charge on any atom is 0.404 e. The standard InChI is InChI=1S/C22H29FN4O4/c1-12-20-16(9-17(23)21(12)26-7-5-14(11-26)13(2)24)18(31-8-6-25-22(29)30)10-19(28)27(20)15-3-4-15/h9-10,13-15,25H,3-8,11,24H2,1-2H3,(H,29,30)/t13-,14?/m0/s1. The molecule has 4 N–H and O–H groups in total. The molecule has 1 aromatic heterocycles. The number of aromatic nitrogens is 1. The minimum absolute atomic E-state index is 0.0397. The van der Waals surface area contributed by atoms with E-state index in [0.717, 1.165) is 31.4 Å². The predicted molar refractivity (Wildman–Crippen MR) is 117 cm³/mol. The summed E-state index contributed by atoms with van der Waals surface area (Å²) in [6, 6.07) is 2.97. The summed E-state index contributed by atoms with van der Waals surface area (Å²) in [7, 11) is 0. The van der Waals surface area contributed by atoms with Crippen molar-refractivity contribution < 1.29 is 19.0 Å². The molecule has 168 valence electrons. The van der Waals surface area contributed by atoms with Gasteiger partial charge in [0.15, 0.2) is 0 Å². The quantitative estimate of drug-likeness (QED) is 0.580. The average molecular weight is 432 g/mol. The van der Waals surface area contributed by atoms with Gasteiger partial charge in [0.25, 0.3) is 5.56 Å². The van der Waals surface area contributed by atoms with Gasteiger partial charge in [0.2, 0.25) is 0 Å². The molecule has 1 aliphatic heterocycles. The Balaban J connectivity index is 1.78. The highest BCUT2D eigenvalue weighted by Gasteiger charge is 2.32. The second-order valence-electron chi connectivity index (χ2n) is 8.61. The normalized spacial score (nSPS) is 19.6. The first-order valence-corrected chi connectivity index (χ1v) is 10.8. The van der Waals surface area contributed by atoms with Crippen molar-refractivity contribution in [3.05, 3.63) is 33.9 Å². The van der Waals surface area contributed by atoms with Crippen LogP contribution in [0.15, 0.2) is 16.9 Å². The van der Waals surface area contributed by atoms with Crippen LogP contribution in [0.1, 0.15) is 37.8 Å². The van der Waals surface area contributed by atoms with Gasteiger partial charge < -0.3 is 30.4 Å². The topological polar surface area (TPSA) is 110 Å². The van der Waals surface area contributed by atoms with Crippen LogP contribution in [0.4, 0.5) is 14.9 Å². The number of hydrogen-bond donors (Lipinski definition) is 3. The van der Waals surface area contributed by atoms with Crippen LogP contribution >= 0.6 is 0 Å². The molecule has 1 saturated heterocycles. The van der Waals surface area contributed by atoms with Crippen molar-refractivity contribution in [3.8, 4) is 5.75 Å². The average Bonchev–Trinajstić information content (AvgIpc) is 3.41. The number of fused-ring (bicyclic) bond motifs is 1. The van der Waals surface area contributed by atoms with Crippen LogP contribution in [0.5, 0.6) is 5.75 Å². The number of rotatable bonds is 7. The third-order valence-corrected chi connectivity index (χ3v) is 6.29. The highest BCUT2D eigenvalue weighted by molar-refractivity contribution is 5.92. The Morgan fingerprint density at radius 3 is 2.74 bits per heavy atom. The number of carboxylic acid groups (broad SMARTS) is 1. The van der Waals surface area contributed by atoms with Crippen LogP contribution in [0.2, 0.25) is 0 Å². The molecule has 1 unspecified atom stereocenters. The van der Waals surface area contributed by atoms with Crippen LogP contribution in [-0.2, 0) is 0 Å². The zero-order chi connectivity index (χ0) is 22.3. The first-order chi connectivity index (χ1) is 14.8. The molecule has 2 heterocycles. The summed E-state index contributed by atoms with van der Waals surface area (Å²) in [6.07, 6.45) is 1.59. The van der Waals surface area contributed by atoms with Gasteiger partial charge in [-0.3, -0.25) is 4.79 Å². The molecule has 1 amide bonds. The monoisotopic (exact) mass is 432 g/mol. The Bertz CT molecular complexity index is 1060. The maximum absolute atomic E-state index is 15.4. The van der Waals surface area contributed by atoms with E-state index in [4.69, 9.17) is 15.6 Å². The van der Waals surface area contributed by atoms with Crippen molar-refractivity contribution in [2.24, 2.45) is 11.7 Å². The number of nitrogens with zero attached hydrogens (tertiary/aromatic N) is 2. The van der Waals surface area contributed by atoms with Crippen LogP contribution in [-0.4, -0.2) is 48.0 Å². The second kappa shape index (κ2) is 8.37. The van der Waals surface area contributed by atoms with E-state index in [1.165, 1.54) is 12.1 Å². The molecule has 2 fully saturated rings. The third kappa shape index (κ3) is 4.19. The highest BCUT2D eigenvalue weighted by atomic mass is 19.1. The first kappa shape index (κ1) is 21.4. The summed E-state index contributed by atoms with van der Waals surface area (Å²) >= 11 is 0. The highest BCUT2D eigenvalue weighted by Crippen LogP contribution is 2.42. The number of benzene rings is 1. The van der Waals surface area contributed by atoms with E-state index < -0.39 is 6.09 Å². The maximum atomic E-state index is 15.4. The molecule has 1 aromatic carbocycles. The first-order valence-electron chi connectivity index (χ1n) is 10.8. The number of ether oxygens (including phenoxy) is 1. The summed E-state index contributed by atoms with van der Waals surface area (Å²) in [6.45, 7) is 5.35. The summed E-state index contributed by atoms with van der Waals surface area (Å²) in [5, 5.41) is 11.5. The molecule has 2 atom stereocenters. The summed E-state index contributed by atoms with van der Waals surface area (Å²) in [4.78, 5) is 25.6. The predicted octanol–water partition coefficient (Wildman–Crippen LogP) is 2.60. The van der Waals surface area contributed by atoms with Gasteiger partial charge in [-0.25, -0.2) is 9.18 Å². The van der Waals surface area contributed by atoms with Crippen molar-refractivity contribution >= 4 is 22.7 Å². The summed E-state index contributed by atoms with van der Waals surface area (Å²) < 4.78 is 22.8. The molecule has 4 rings (SSSR count). The van der Waals surface area contributed by atoms with Gasteiger partial charge in [-0.15, -0.1) is 0 Å². The van der Waals surface area contributed by atoms with E-state index in [0.29, 0.717) is 29.1 Å². The lowest BCUT2D eigenvalue weighted by Gasteiger charge is -2.25. The number of hydrogen-bond acceptors (Lipinski definition) is 5. The molecular weight excluding hydrogens is 403 g/mol. The third-order valence-electron chi connectivity index (χ3n) is 6.29. The fraction of sp³-hybridized carbons (Fsp3) is 0.545. The lowest BCUT2D eigenvalue weighted by atomic mass is 10.0. The summed E-state index contributed by atoms with van der Waals surface area (Å²) in [5.41, 5.74) is 7.82. The van der Waals surface area contributed by atoms with E-state index in [2.05, 4.69) is 5.32 Å². The minimum Gasteiger partial charge on any atom is -0.491 e. The molecule has 31 heavy (non-hydrogen) atoms. The molecule has 2 aliphatic rings. The Morgan fingerprint density at radius 1 is 1.39 bits per heavy atom. The smallest absolute Gasteiger partial charge is 0.404 e. The van der Waals surface area contributed by atoms with E-state index >= 15 is 4.39 Å². The van der Waals surface area contributed by atoms with Crippen LogP contribution in [0.25, 0.3) is 10.9 Å². The zero-order valence-corrected chi connectivity index (χ0v) is 17.9. The van der Waals surface area contributed by atoms with Gasteiger partial charge in [0.05, 0.1) is 17.7 Å². The fourth-order valence-electron chi connectivity index (χ4n) is 4.57. The number of pyridine rings is 1. The zero-order valence-electron chi connectivity index (χ0n) is 17.9. The number of nitrogens with two attached hydrogens (primary N) is 1. The van der Waals surface area contributed by atoms with E-state index in [1.54, 1.807) is 4.57 Å². The lowest BCUT2D eigenvalue weighted by Crippen LogP contribution is -2.30. The van der Waals surface area contributed by atoms with Gasteiger partial charge in [-0.1, -0.05) is 0 Å². The summed E-state index contributed by atoms with van der Waals surface area (Å²) in [5.74, 6) is 0.217. The van der Waals surface area contributed by atoms with Crippen molar-refractivity contribution in [3.63, 3.8) is 0 Å². The van der Waals surface area contributed by atoms with Gasteiger partial charge in [0, 0.05) is 36.6 Å². The molecule has 2 aromatic rings. The molecular formula is C22H29FN4O4. The van der Waals surface area contributed by atoms with Gasteiger partial charge in [-0.2, -0.15) is 0 Å². The van der Waals surface area contributed by atoms with Gasteiger partial charge >= 0.3 is 6.09 Å². The molecule has 8 nitrogen and oxygen atoms in total. The number of amides is 1. The Labute approximate surface area is 179 Å². The van der Waals surface area contributed by atoms with Gasteiger partial charge in [-0.05, 0) is 50.7 Å². The molecule has 1 aliphatic carbocycles. The van der Waals surface area contributed by atoms with Crippen LogP contribution < -0.4 is 26.2 Å². The largest absolute Gasteiger partial charge is 0.491 e. The SMILES string of the molecule is Cc1c(N2CCC([C@H](C)N)C2)c(F)cc2c(OCCNC(=O)O)cc(=O)n(C3CC3)c12. The molecule has 0 radical (unpaired) electrons. The lowest BCUT2D eigenvalue weighted by molar-refractivity contribution is 0.191. The van der Waals surface area contributed by atoms with Crippen molar-refractivity contribution in [1.29, 1.82) is 0 Å². The van der Waals surface area contributed by atoms with E-state index in [9.17, 15) is 9.59 Å². The number of nitrogens with one attached hydrogen (secondary N) is 1. The van der Waals surface area contributed by atoms with E-state index in [1.807, 2.05) is 18.7 Å². The Morgan fingerprint density at radius 2 is 2.13 bits per heavy atom. The number of carbonyl (C=O) groups is 1. The van der Waals surface area contributed by atoms with E-state index in [-0.39, 0.29) is 42.4 Å².